The molecule has 1 aliphatic carbocycles. The zero-order chi connectivity index (χ0) is 15.2. The lowest BCUT2D eigenvalue weighted by atomic mass is 9.84. The number of anilines is 1. The number of nitrogens with one attached hydrogen (secondary N) is 1. The Balaban J connectivity index is 1.95. The van der Waals surface area contributed by atoms with Gasteiger partial charge in [-0.3, -0.25) is 4.79 Å². The average Bonchev–Trinajstić information content (AvgIpc) is 2.54. The first-order valence-corrected chi connectivity index (χ1v) is 7.98. The normalized spacial score (nSPS) is 21.9. The van der Waals surface area contributed by atoms with E-state index in [1.807, 2.05) is 18.9 Å². The van der Waals surface area contributed by atoms with Crippen LogP contribution in [-0.2, 0) is 0 Å². The van der Waals surface area contributed by atoms with Crippen molar-refractivity contribution in [3.8, 4) is 0 Å². The van der Waals surface area contributed by atoms with Gasteiger partial charge in [0.25, 0.3) is 5.91 Å². The lowest BCUT2D eigenvalue weighted by Gasteiger charge is -2.34. The molecule has 0 saturated heterocycles. The molecule has 116 valence electrons. The van der Waals surface area contributed by atoms with E-state index in [1.165, 1.54) is 19.3 Å². The molecule has 1 heterocycles. The van der Waals surface area contributed by atoms with E-state index in [4.69, 9.17) is 0 Å². The number of nitrogens with zero attached hydrogens (tertiary/aromatic N) is 3. The molecule has 1 aromatic rings. The summed E-state index contributed by atoms with van der Waals surface area (Å²) in [5.41, 5.74) is 0.428. The second kappa shape index (κ2) is 7.38. The van der Waals surface area contributed by atoms with E-state index in [-0.39, 0.29) is 5.91 Å². The molecule has 1 aliphatic rings. The van der Waals surface area contributed by atoms with E-state index in [2.05, 4.69) is 22.2 Å². The van der Waals surface area contributed by atoms with Gasteiger partial charge < -0.3 is 10.2 Å². The van der Waals surface area contributed by atoms with Gasteiger partial charge in [0.15, 0.2) is 0 Å². The van der Waals surface area contributed by atoms with Crippen LogP contribution >= 0.6 is 0 Å². The van der Waals surface area contributed by atoms with E-state index >= 15 is 0 Å². The first-order valence-electron chi connectivity index (χ1n) is 7.98. The van der Waals surface area contributed by atoms with Gasteiger partial charge >= 0.3 is 0 Å². The van der Waals surface area contributed by atoms with Crippen molar-refractivity contribution in [1.82, 2.24) is 14.9 Å². The highest BCUT2D eigenvalue weighted by Gasteiger charge is 2.26. The van der Waals surface area contributed by atoms with E-state index in [1.54, 1.807) is 12.4 Å². The average molecular weight is 290 g/mol. The maximum atomic E-state index is 12.5. The van der Waals surface area contributed by atoms with E-state index in [9.17, 15) is 4.79 Å². The molecule has 1 aromatic heterocycles. The maximum absolute atomic E-state index is 12.5. The van der Waals surface area contributed by atoms with Gasteiger partial charge in [0, 0.05) is 19.6 Å². The fraction of sp³-hybridized carbons (Fsp3) is 0.688. The second-order valence-electron chi connectivity index (χ2n) is 5.82. The quantitative estimate of drug-likeness (QED) is 0.906. The predicted octanol–water partition coefficient (Wildman–Crippen LogP) is 2.95. The van der Waals surface area contributed by atoms with Crippen LogP contribution in [0.3, 0.4) is 0 Å². The van der Waals surface area contributed by atoms with Crippen LogP contribution < -0.4 is 5.32 Å². The van der Waals surface area contributed by atoms with Crippen molar-refractivity contribution in [2.24, 2.45) is 5.92 Å². The molecule has 0 aromatic carbocycles. The minimum absolute atomic E-state index is 0.0227. The van der Waals surface area contributed by atoms with E-state index < -0.39 is 0 Å². The molecule has 5 heteroatoms. The summed E-state index contributed by atoms with van der Waals surface area (Å²) in [7, 11) is 1.89. The number of hydrogen-bond acceptors (Lipinski definition) is 4. The van der Waals surface area contributed by atoms with Crippen molar-refractivity contribution in [1.29, 1.82) is 0 Å². The fourth-order valence-electron chi connectivity index (χ4n) is 3.00. The van der Waals surface area contributed by atoms with Gasteiger partial charge in [0.05, 0.1) is 12.4 Å². The van der Waals surface area contributed by atoms with Gasteiger partial charge in [0.2, 0.25) is 0 Å². The van der Waals surface area contributed by atoms with Crippen molar-refractivity contribution in [3.05, 3.63) is 18.1 Å². The number of rotatable bonds is 5. The topological polar surface area (TPSA) is 58.1 Å². The van der Waals surface area contributed by atoms with Gasteiger partial charge in [-0.1, -0.05) is 13.3 Å². The molecular formula is C16H26N4O. The molecule has 2 rings (SSSR count). The third-order valence-electron chi connectivity index (χ3n) is 4.49. The Morgan fingerprint density at radius 3 is 2.48 bits per heavy atom. The largest absolute Gasteiger partial charge is 0.369 e. The first-order chi connectivity index (χ1) is 10.2. The van der Waals surface area contributed by atoms with Crippen LogP contribution in [0.1, 0.15) is 56.4 Å². The van der Waals surface area contributed by atoms with E-state index in [0.29, 0.717) is 17.6 Å². The van der Waals surface area contributed by atoms with Crippen LogP contribution in [0.5, 0.6) is 0 Å². The molecule has 0 spiro atoms. The van der Waals surface area contributed by atoms with Crippen molar-refractivity contribution < 1.29 is 4.79 Å². The summed E-state index contributed by atoms with van der Waals surface area (Å²) in [4.78, 5) is 22.8. The molecule has 1 N–H and O–H groups in total. The molecule has 1 saturated carbocycles. The zero-order valence-corrected chi connectivity index (χ0v) is 13.3. The van der Waals surface area contributed by atoms with Crippen LogP contribution in [0, 0.1) is 5.92 Å². The fourth-order valence-corrected chi connectivity index (χ4v) is 3.00. The van der Waals surface area contributed by atoms with Crippen molar-refractivity contribution in [3.63, 3.8) is 0 Å². The molecule has 1 fully saturated rings. The number of carbonyl (C=O) groups excluding carboxylic acids is 1. The Morgan fingerprint density at radius 1 is 1.24 bits per heavy atom. The highest BCUT2D eigenvalue weighted by Crippen LogP contribution is 2.29. The molecule has 5 nitrogen and oxygen atoms in total. The van der Waals surface area contributed by atoms with Crippen LogP contribution in [-0.4, -0.2) is 40.4 Å². The summed E-state index contributed by atoms with van der Waals surface area (Å²) in [6.07, 6.45) is 9.09. The SMILES string of the molecule is CCNc1cnc(C(=O)N(C)C2CCC(CC)CC2)cn1. The van der Waals surface area contributed by atoms with Crippen molar-refractivity contribution in [2.45, 2.75) is 52.0 Å². The second-order valence-corrected chi connectivity index (χ2v) is 5.82. The summed E-state index contributed by atoms with van der Waals surface area (Å²) in [6.45, 7) is 5.05. The van der Waals surface area contributed by atoms with Crippen LogP contribution in [0.2, 0.25) is 0 Å². The smallest absolute Gasteiger partial charge is 0.274 e. The Kier molecular flexibility index (Phi) is 5.53. The standard InChI is InChI=1S/C16H26N4O/c1-4-12-6-8-13(9-7-12)20(3)16(21)14-10-19-15(11-18-14)17-5-2/h10-13H,4-9H2,1-3H3,(H,17,19). The molecule has 0 atom stereocenters. The number of amides is 1. The van der Waals surface area contributed by atoms with Gasteiger partial charge in [-0.05, 0) is 38.5 Å². The van der Waals surface area contributed by atoms with Gasteiger partial charge in [-0.2, -0.15) is 0 Å². The summed E-state index contributed by atoms with van der Waals surface area (Å²) < 4.78 is 0. The maximum Gasteiger partial charge on any atom is 0.274 e. The molecule has 1 amide bonds. The monoisotopic (exact) mass is 290 g/mol. The molecule has 21 heavy (non-hydrogen) atoms. The zero-order valence-electron chi connectivity index (χ0n) is 13.3. The Hall–Kier alpha value is -1.65. The van der Waals surface area contributed by atoms with Gasteiger partial charge in [-0.25, -0.2) is 9.97 Å². The highest BCUT2D eigenvalue weighted by molar-refractivity contribution is 5.92. The molecule has 0 aliphatic heterocycles. The molecule has 0 bridgehead atoms. The van der Waals surface area contributed by atoms with Crippen molar-refractivity contribution in [2.75, 3.05) is 18.9 Å². The minimum atomic E-state index is -0.0227. The highest BCUT2D eigenvalue weighted by atomic mass is 16.2. The van der Waals surface area contributed by atoms with Gasteiger partial charge in [0.1, 0.15) is 11.5 Å². The third-order valence-corrected chi connectivity index (χ3v) is 4.49. The third kappa shape index (κ3) is 3.93. The first kappa shape index (κ1) is 15.7. The number of carbonyl (C=O) groups is 1. The predicted molar refractivity (Wildman–Crippen MR) is 84.3 cm³/mol. The summed E-state index contributed by atoms with van der Waals surface area (Å²) in [5.74, 6) is 1.52. The Bertz CT molecular complexity index is 452. The lowest BCUT2D eigenvalue weighted by Crippen LogP contribution is -2.39. The lowest BCUT2D eigenvalue weighted by molar-refractivity contribution is 0.0668. The van der Waals surface area contributed by atoms with Gasteiger partial charge in [-0.15, -0.1) is 0 Å². The van der Waals surface area contributed by atoms with Crippen molar-refractivity contribution >= 4 is 11.7 Å². The Labute approximate surface area is 127 Å². The number of aromatic nitrogens is 2. The Morgan fingerprint density at radius 2 is 1.95 bits per heavy atom. The summed E-state index contributed by atoms with van der Waals surface area (Å²) in [5, 5.41) is 3.08. The van der Waals surface area contributed by atoms with Crippen LogP contribution in [0.15, 0.2) is 12.4 Å². The summed E-state index contributed by atoms with van der Waals surface area (Å²) in [6, 6.07) is 0.343. The molecule has 0 unspecified atom stereocenters. The minimum Gasteiger partial charge on any atom is -0.369 e. The van der Waals surface area contributed by atoms with Crippen LogP contribution in [0.4, 0.5) is 5.82 Å². The number of hydrogen-bond donors (Lipinski definition) is 1. The summed E-state index contributed by atoms with van der Waals surface area (Å²) >= 11 is 0. The molecule has 0 radical (unpaired) electrons. The molecular weight excluding hydrogens is 264 g/mol. The van der Waals surface area contributed by atoms with Crippen LogP contribution in [0.25, 0.3) is 0 Å². The van der Waals surface area contributed by atoms with E-state index in [0.717, 1.165) is 25.3 Å².